The van der Waals surface area contributed by atoms with Crippen molar-refractivity contribution in [3.8, 4) is 0 Å². The Morgan fingerprint density at radius 1 is 0.750 bits per heavy atom. The molecular formula is C21H20Cl2Ti. The number of halogens is 2. The Morgan fingerprint density at radius 2 is 1.25 bits per heavy atom. The van der Waals surface area contributed by atoms with Crippen molar-refractivity contribution in [2.45, 2.75) is 19.8 Å². The quantitative estimate of drug-likeness (QED) is 0.323. The number of fused-ring (bicyclic) bond motifs is 3. The summed E-state index contributed by atoms with van der Waals surface area (Å²) >= 11 is 0. The molecule has 0 aliphatic heterocycles. The van der Waals surface area contributed by atoms with E-state index in [1.54, 1.807) is 0 Å². The Labute approximate surface area is 171 Å². The van der Waals surface area contributed by atoms with Crippen molar-refractivity contribution in [2.24, 2.45) is 0 Å². The van der Waals surface area contributed by atoms with Gasteiger partial charge in [-0.25, -0.2) is 6.07 Å². The van der Waals surface area contributed by atoms with Crippen LogP contribution in [0.2, 0.25) is 0 Å². The number of hydrogen-bond acceptors (Lipinski definition) is 0. The van der Waals surface area contributed by atoms with Gasteiger partial charge in [-0.3, -0.25) is 0 Å². The normalized spacial score (nSPS) is 9.46. The molecular weight excluding hydrogens is 371 g/mol. The van der Waals surface area contributed by atoms with E-state index in [4.69, 9.17) is 0 Å². The summed E-state index contributed by atoms with van der Waals surface area (Å²) in [5.74, 6) is 0.685. The molecule has 0 aliphatic carbocycles. The van der Waals surface area contributed by atoms with Crippen LogP contribution in [0.4, 0.5) is 0 Å². The van der Waals surface area contributed by atoms with Crippen molar-refractivity contribution < 1.29 is 46.5 Å². The molecule has 0 N–H and O–H groups in total. The molecule has 0 heterocycles. The predicted molar refractivity (Wildman–Crippen MR) is 93.2 cm³/mol. The third-order valence-corrected chi connectivity index (χ3v) is 3.88. The van der Waals surface area contributed by atoms with Crippen LogP contribution in [-0.2, 0) is 21.7 Å². The van der Waals surface area contributed by atoms with Gasteiger partial charge in [-0.05, 0) is 0 Å². The van der Waals surface area contributed by atoms with Crippen molar-refractivity contribution >= 4 is 21.5 Å². The van der Waals surface area contributed by atoms with Crippen LogP contribution in [0.1, 0.15) is 25.3 Å². The molecule has 4 aromatic rings. The van der Waals surface area contributed by atoms with Gasteiger partial charge >= 0.3 is 21.7 Å². The SMILES string of the molecule is CC(C)c1cc[cH-]c1.[Cl-].[Cl-].[Ti+4].c1ccc2c(c1)[cH-]c1ccccc12. The third kappa shape index (κ3) is 5.23. The molecule has 0 radical (unpaired) electrons. The number of rotatable bonds is 1. The minimum Gasteiger partial charge on any atom is -1.00 e. The zero-order chi connectivity index (χ0) is 14.7. The van der Waals surface area contributed by atoms with E-state index in [0.717, 1.165) is 0 Å². The molecule has 0 bridgehead atoms. The van der Waals surface area contributed by atoms with Gasteiger partial charge in [0.1, 0.15) is 0 Å². The average molecular weight is 391 g/mol. The minimum absolute atomic E-state index is 0. The zero-order valence-corrected chi connectivity index (χ0v) is 16.9. The third-order valence-electron chi connectivity index (χ3n) is 3.88. The van der Waals surface area contributed by atoms with Crippen molar-refractivity contribution in [3.05, 3.63) is 84.4 Å². The van der Waals surface area contributed by atoms with Crippen LogP contribution in [-0.4, -0.2) is 0 Å². The second kappa shape index (κ2) is 10.7. The second-order valence-electron chi connectivity index (χ2n) is 5.69. The molecule has 0 aromatic heterocycles. The second-order valence-corrected chi connectivity index (χ2v) is 5.69. The van der Waals surface area contributed by atoms with Gasteiger partial charge in [0.2, 0.25) is 0 Å². The first-order valence-corrected chi connectivity index (χ1v) is 7.50. The summed E-state index contributed by atoms with van der Waals surface area (Å²) in [7, 11) is 0. The van der Waals surface area contributed by atoms with Crippen LogP contribution in [0.25, 0.3) is 21.5 Å². The van der Waals surface area contributed by atoms with Crippen LogP contribution >= 0.6 is 0 Å². The van der Waals surface area contributed by atoms with Crippen LogP contribution in [0.3, 0.4) is 0 Å². The molecule has 24 heavy (non-hydrogen) atoms. The van der Waals surface area contributed by atoms with Crippen molar-refractivity contribution in [3.63, 3.8) is 0 Å². The largest absolute Gasteiger partial charge is 4.00 e. The summed E-state index contributed by atoms with van der Waals surface area (Å²) in [6.07, 6.45) is 0. The van der Waals surface area contributed by atoms with Gasteiger partial charge in [-0.2, -0.15) is 23.8 Å². The standard InChI is InChI=1S/C13H9.C8H11.2ClH.Ti/c1-3-7-12-10(5-1)9-11-6-2-4-8-13(11)12;1-7(2)8-5-3-4-6-8;;;/h1-9H;3-7H,1-2H3;2*1H;/q2*-1;;;+4/p-2. The predicted octanol–water partition coefficient (Wildman–Crippen LogP) is 0.246. The Kier molecular flexibility index (Phi) is 10.3. The summed E-state index contributed by atoms with van der Waals surface area (Å²) in [4.78, 5) is 0. The summed E-state index contributed by atoms with van der Waals surface area (Å²) in [5.41, 5.74) is 1.44. The van der Waals surface area contributed by atoms with E-state index in [-0.39, 0.29) is 46.5 Å². The molecule has 0 saturated carbocycles. The molecule has 0 saturated heterocycles. The molecule has 4 aromatic carbocycles. The first-order chi connectivity index (χ1) is 10.3. The molecule has 0 spiro atoms. The Hall–Kier alpha value is -1.05. The maximum atomic E-state index is 2.24. The van der Waals surface area contributed by atoms with Crippen molar-refractivity contribution in [2.75, 3.05) is 0 Å². The van der Waals surface area contributed by atoms with E-state index < -0.39 is 0 Å². The van der Waals surface area contributed by atoms with Gasteiger partial charge in [0, 0.05) is 0 Å². The topological polar surface area (TPSA) is 0 Å². The summed E-state index contributed by atoms with van der Waals surface area (Å²) < 4.78 is 0. The van der Waals surface area contributed by atoms with Crippen LogP contribution < -0.4 is 24.8 Å². The fourth-order valence-corrected chi connectivity index (χ4v) is 2.68. The molecule has 0 amide bonds. The monoisotopic (exact) mass is 390 g/mol. The zero-order valence-electron chi connectivity index (χ0n) is 13.8. The van der Waals surface area contributed by atoms with Crippen LogP contribution in [0, 0.1) is 0 Å². The fraction of sp³-hybridized carbons (Fsp3) is 0.143. The minimum atomic E-state index is 0. The molecule has 4 rings (SSSR count). The van der Waals surface area contributed by atoms with Gasteiger partial charge in [0.25, 0.3) is 0 Å². The molecule has 122 valence electrons. The van der Waals surface area contributed by atoms with Crippen LogP contribution in [0.5, 0.6) is 0 Å². The maximum absolute atomic E-state index is 2.24. The van der Waals surface area contributed by atoms with Crippen molar-refractivity contribution in [1.29, 1.82) is 0 Å². The fourth-order valence-electron chi connectivity index (χ4n) is 2.68. The Morgan fingerprint density at radius 3 is 1.62 bits per heavy atom. The molecule has 0 aliphatic rings. The molecule has 3 heteroatoms. The smallest absolute Gasteiger partial charge is 1.00 e. The van der Waals surface area contributed by atoms with Gasteiger partial charge in [-0.1, -0.05) is 56.2 Å². The van der Waals surface area contributed by atoms with Crippen LogP contribution in [0.15, 0.2) is 78.9 Å². The van der Waals surface area contributed by atoms with Gasteiger partial charge in [0.05, 0.1) is 0 Å². The van der Waals surface area contributed by atoms with E-state index in [0.29, 0.717) is 5.92 Å². The van der Waals surface area contributed by atoms with E-state index >= 15 is 0 Å². The first kappa shape index (κ1) is 23.0. The van der Waals surface area contributed by atoms with E-state index in [1.165, 1.54) is 27.1 Å². The van der Waals surface area contributed by atoms with E-state index in [9.17, 15) is 0 Å². The molecule has 0 atom stereocenters. The van der Waals surface area contributed by atoms with Gasteiger partial charge in [0.15, 0.2) is 0 Å². The molecule has 0 nitrogen and oxygen atoms in total. The first-order valence-electron chi connectivity index (χ1n) is 7.50. The Balaban J connectivity index is 0.000000429. The maximum Gasteiger partial charge on any atom is 4.00 e. The van der Waals surface area contributed by atoms with Gasteiger partial charge < -0.3 is 24.8 Å². The average Bonchev–Trinajstić information content (AvgIpc) is 3.15. The van der Waals surface area contributed by atoms with E-state index in [2.05, 4.69) is 92.7 Å². The molecule has 0 unspecified atom stereocenters. The van der Waals surface area contributed by atoms with E-state index in [1.807, 2.05) is 0 Å². The Bertz CT molecular complexity index is 779. The summed E-state index contributed by atoms with van der Waals surface area (Å²) in [6.45, 7) is 4.41. The number of benzene rings is 2. The van der Waals surface area contributed by atoms with Gasteiger partial charge in [-0.15, -0.1) is 39.7 Å². The molecule has 0 fully saturated rings. The van der Waals surface area contributed by atoms with Crippen molar-refractivity contribution in [1.82, 2.24) is 0 Å². The summed E-state index contributed by atoms with van der Waals surface area (Å²) in [6, 6.07) is 27.7. The number of hydrogen-bond donors (Lipinski definition) is 0. The summed E-state index contributed by atoms with van der Waals surface area (Å²) in [5, 5.41) is 5.39.